The van der Waals surface area contributed by atoms with Gasteiger partial charge in [0.2, 0.25) is 11.8 Å². The van der Waals surface area contributed by atoms with Gasteiger partial charge >= 0.3 is 0 Å². The number of rotatable bonds is 11. The number of furan rings is 1. The van der Waals surface area contributed by atoms with E-state index in [0.29, 0.717) is 60.9 Å². The number of fused-ring (bicyclic) bond motifs is 2. The molecule has 0 unspecified atom stereocenters. The first kappa shape index (κ1) is 35.6. The molecule has 0 saturated carbocycles. The Bertz CT molecular complexity index is 1690. The van der Waals surface area contributed by atoms with Crippen molar-refractivity contribution in [3.8, 4) is 5.75 Å². The lowest BCUT2D eigenvalue weighted by atomic mass is 9.90. The minimum atomic E-state index is -1.16. The van der Waals surface area contributed by atoms with E-state index in [2.05, 4.69) is 9.88 Å². The average Bonchev–Trinajstić information content (AvgIpc) is 3.38. The molecule has 1 aromatic carbocycles. The highest BCUT2D eigenvalue weighted by Crippen LogP contribution is 2.40. The van der Waals surface area contributed by atoms with Crippen LogP contribution in [0.25, 0.3) is 11.0 Å². The Labute approximate surface area is 275 Å². The smallest absolute Gasteiger partial charge is 0.262 e. The summed E-state index contributed by atoms with van der Waals surface area (Å²) in [6.07, 6.45) is 7.72. The van der Waals surface area contributed by atoms with Crippen LogP contribution < -0.4 is 20.1 Å². The van der Waals surface area contributed by atoms with Crippen molar-refractivity contribution in [1.29, 1.82) is 0 Å². The maximum atomic E-state index is 13.2. The molecule has 1 aliphatic rings. The number of hydrogen-bond donors (Lipinski definition) is 0. The summed E-state index contributed by atoms with van der Waals surface area (Å²) in [4.78, 5) is 49.0. The highest BCUT2D eigenvalue weighted by molar-refractivity contribution is 6.20. The number of hydrogen-bond acceptors (Lipinski definition) is 7. The monoisotopic (exact) mass is 657 g/mol. The van der Waals surface area contributed by atoms with Crippen LogP contribution in [0.3, 0.4) is 0 Å². The Morgan fingerprint density at radius 3 is 2.42 bits per heavy atom. The number of benzene rings is 1. The lowest BCUT2D eigenvalue weighted by Gasteiger charge is -2.27. The number of nitrogens with zero attached hydrogens (tertiary/aromatic N) is 5. The summed E-state index contributed by atoms with van der Waals surface area (Å²) in [6, 6.07) is 11.4. The molecule has 0 radical (unpaired) electrons. The van der Waals surface area contributed by atoms with Gasteiger partial charge in [-0.2, -0.15) is 0 Å². The van der Waals surface area contributed by atoms with Gasteiger partial charge in [-0.1, -0.05) is 0 Å². The largest absolute Gasteiger partial charge is 0.493 e. The maximum Gasteiger partial charge on any atom is 0.262 e. The quantitative estimate of drug-likeness (QED) is 0.156. The first-order chi connectivity index (χ1) is 20.6. The Morgan fingerprint density at radius 2 is 1.71 bits per heavy atom. The van der Waals surface area contributed by atoms with Crippen molar-refractivity contribution >= 4 is 59.0 Å². The fraction of sp³-hybridized carbons (Fsp3) is 0.394. The van der Waals surface area contributed by atoms with Crippen LogP contribution in [0.1, 0.15) is 38.3 Å². The molecule has 0 N–H and O–H groups in total. The lowest BCUT2D eigenvalue weighted by molar-refractivity contribution is -0.137. The second-order valence-electron chi connectivity index (χ2n) is 11.5. The summed E-state index contributed by atoms with van der Waals surface area (Å²) < 4.78 is 13.4. The summed E-state index contributed by atoms with van der Waals surface area (Å²) >= 11 is 0. The SMILES string of the molecule is CCN1C(=O)C(C)(C)C(=O)N(C)c2cc(OCCCN(CCn3ccc4occ(C)c4c3=O)Cc3ccncc3)ccc21.Cl.Cl. The molecule has 0 saturated heterocycles. The molecular weight excluding hydrogens is 617 g/mol. The summed E-state index contributed by atoms with van der Waals surface area (Å²) in [6.45, 7) is 10.7. The van der Waals surface area contributed by atoms with Crippen LogP contribution in [0, 0.1) is 12.3 Å². The summed E-state index contributed by atoms with van der Waals surface area (Å²) in [7, 11) is 1.70. The van der Waals surface area contributed by atoms with Gasteiger partial charge in [0.1, 0.15) is 16.7 Å². The van der Waals surface area contributed by atoms with Gasteiger partial charge in [0.05, 0.1) is 29.6 Å². The number of pyridine rings is 2. The van der Waals surface area contributed by atoms with Gasteiger partial charge in [-0.3, -0.25) is 24.3 Å². The number of aryl methyl sites for hydroxylation is 1. The molecule has 1 aliphatic heterocycles. The molecule has 4 heterocycles. The van der Waals surface area contributed by atoms with E-state index in [4.69, 9.17) is 9.15 Å². The molecule has 5 rings (SSSR count). The first-order valence-electron chi connectivity index (χ1n) is 14.7. The van der Waals surface area contributed by atoms with Crippen LogP contribution in [0.4, 0.5) is 11.4 Å². The van der Waals surface area contributed by atoms with Crippen LogP contribution in [-0.4, -0.2) is 59.6 Å². The standard InChI is InChI=1S/C33H39N5O5.2ClH/c1-6-38-26-9-8-25(20-27(26)35(5)31(40)33(3,4)32(38)41)42-19-7-15-36(21-24-10-13-34-14-11-24)17-18-37-16-12-28-29(30(37)39)23(2)22-43-28;;/h8-14,16,20,22H,6-7,15,17-19,21H2,1-5H3;2*1H. The molecule has 45 heavy (non-hydrogen) atoms. The van der Waals surface area contributed by atoms with Crippen LogP contribution >= 0.6 is 24.8 Å². The number of anilines is 2. The average molecular weight is 659 g/mol. The van der Waals surface area contributed by atoms with Gasteiger partial charge in [0, 0.05) is 70.0 Å². The van der Waals surface area contributed by atoms with Crippen LogP contribution in [0.15, 0.2) is 70.5 Å². The molecule has 242 valence electrons. The predicted molar refractivity (Wildman–Crippen MR) is 181 cm³/mol. The Kier molecular flexibility index (Phi) is 11.8. The third-order valence-electron chi connectivity index (χ3n) is 8.12. The van der Waals surface area contributed by atoms with Gasteiger partial charge in [-0.05, 0) is 70.0 Å². The van der Waals surface area contributed by atoms with E-state index in [9.17, 15) is 14.4 Å². The van der Waals surface area contributed by atoms with Crippen molar-refractivity contribution in [2.24, 2.45) is 5.41 Å². The molecule has 0 fully saturated rings. The fourth-order valence-corrected chi connectivity index (χ4v) is 5.62. The van der Waals surface area contributed by atoms with E-state index in [1.165, 1.54) is 0 Å². The topological polar surface area (TPSA) is 101 Å². The van der Waals surface area contributed by atoms with E-state index in [1.54, 1.807) is 60.1 Å². The molecule has 0 spiro atoms. The van der Waals surface area contributed by atoms with E-state index in [-0.39, 0.29) is 42.2 Å². The molecule has 12 heteroatoms. The highest BCUT2D eigenvalue weighted by atomic mass is 35.5. The van der Waals surface area contributed by atoms with Gasteiger partial charge in [0.25, 0.3) is 5.56 Å². The minimum Gasteiger partial charge on any atom is -0.493 e. The highest BCUT2D eigenvalue weighted by Gasteiger charge is 2.45. The number of carbonyl (C=O) groups excluding carboxylic acids is 2. The summed E-state index contributed by atoms with van der Waals surface area (Å²) in [5, 5.41) is 0.625. The number of amides is 2. The van der Waals surface area contributed by atoms with E-state index in [1.807, 2.05) is 50.2 Å². The normalized spacial score (nSPS) is 14.2. The molecule has 2 amide bonds. The van der Waals surface area contributed by atoms with Gasteiger partial charge < -0.3 is 23.5 Å². The number of halogens is 2. The Hall–Kier alpha value is -3.86. The maximum absolute atomic E-state index is 13.2. The van der Waals surface area contributed by atoms with Crippen molar-refractivity contribution < 1.29 is 18.7 Å². The van der Waals surface area contributed by atoms with E-state index in [0.717, 1.165) is 24.1 Å². The molecule has 0 atom stereocenters. The lowest BCUT2D eigenvalue weighted by Crippen LogP contribution is -2.47. The Morgan fingerprint density at radius 1 is 0.978 bits per heavy atom. The summed E-state index contributed by atoms with van der Waals surface area (Å²) in [5.41, 5.74) is 2.73. The van der Waals surface area contributed by atoms with Crippen molar-refractivity contribution in [2.45, 2.75) is 47.2 Å². The molecule has 3 aromatic heterocycles. The van der Waals surface area contributed by atoms with Gasteiger partial charge in [0.15, 0.2) is 0 Å². The van der Waals surface area contributed by atoms with Crippen molar-refractivity contribution in [3.05, 3.63) is 82.7 Å². The zero-order valence-corrected chi connectivity index (χ0v) is 28.0. The van der Waals surface area contributed by atoms with Crippen molar-refractivity contribution in [2.75, 3.05) is 43.1 Å². The predicted octanol–water partition coefficient (Wildman–Crippen LogP) is 5.47. The van der Waals surface area contributed by atoms with E-state index >= 15 is 0 Å². The second kappa shape index (κ2) is 14.9. The fourth-order valence-electron chi connectivity index (χ4n) is 5.62. The van der Waals surface area contributed by atoms with Gasteiger partial charge in [-0.25, -0.2) is 0 Å². The Balaban J connectivity index is 0.00000276. The molecule has 0 bridgehead atoms. The van der Waals surface area contributed by atoms with Crippen molar-refractivity contribution in [3.63, 3.8) is 0 Å². The van der Waals surface area contributed by atoms with Crippen LogP contribution in [-0.2, 0) is 22.7 Å². The molecule has 4 aromatic rings. The number of carbonyl (C=O) groups is 2. The number of ether oxygens (including phenoxy) is 1. The molecule has 0 aliphatic carbocycles. The zero-order valence-electron chi connectivity index (χ0n) is 26.3. The third kappa shape index (κ3) is 7.35. The minimum absolute atomic E-state index is 0. The molecule has 10 nitrogen and oxygen atoms in total. The van der Waals surface area contributed by atoms with E-state index < -0.39 is 5.41 Å². The first-order valence-corrected chi connectivity index (χ1v) is 14.7. The van der Waals surface area contributed by atoms with Crippen LogP contribution in [0.5, 0.6) is 5.75 Å². The number of aromatic nitrogens is 2. The van der Waals surface area contributed by atoms with Crippen LogP contribution in [0.2, 0.25) is 0 Å². The second-order valence-corrected chi connectivity index (χ2v) is 11.5. The third-order valence-corrected chi connectivity index (χ3v) is 8.12. The van der Waals surface area contributed by atoms with Gasteiger partial charge in [-0.15, -0.1) is 24.8 Å². The zero-order chi connectivity index (χ0) is 30.7. The summed E-state index contributed by atoms with van der Waals surface area (Å²) in [5.74, 6) is 0.174. The van der Waals surface area contributed by atoms with Crippen molar-refractivity contribution in [1.82, 2.24) is 14.5 Å². The molecular formula is C33H41Cl2N5O5.